The number of aryl methyl sites for hydroxylation is 1. The summed E-state index contributed by atoms with van der Waals surface area (Å²) in [4.78, 5) is 17.5. The molecule has 0 saturated carbocycles. The lowest BCUT2D eigenvalue weighted by atomic mass is 10.1. The molecule has 2 heterocycles. The maximum atomic E-state index is 10.9. The molecule has 0 spiro atoms. The van der Waals surface area contributed by atoms with Crippen LogP contribution in [-0.2, 0) is 4.74 Å². The number of hydrogen-bond donors (Lipinski definition) is 1. The molecule has 1 saturated heterocycles. The number of ether oxygens (including phenoxy) is 1. The van der Waals surface area contributed by atoms with Gasteiger partial charge in [0.05, 0.1) is 17.9 Å². The fraction of sp³-hybridized carbons (Fsp3) is 0.538. The van der Waals surface area contributed by atoms with Crippen LogP contribution in [0.3, 0.4) is 0 Å². The van der Waals surface area contributed by atoms with Gasteiger partial charge in [-0.1, -0.05) is 0 Å². The first-order valence-electron chi connectivity index (χ1n) is 6.06. The fourth-order valence-electron chi connectivity index (χ4n) is 2.36. The van der Waals surface area contributed by atoms with Crippen molar-refractivity contribution in [3.8, 4) is 0 Å². The molecule has 1 aromatic heterocycles. The van der Waals surface area contributed by atoms with Crippen molar-refractivity contribution in [2.45, 2.75) is 13.3 Å². The summed E-state index contributed by atoms with van der Waals surface area (Å²) in [5, 5.41) is 8.96. The first-order chi connectivity index (χ1) is 8.61. The van der Waals surface area contributed by atoms with Gasteiger partial charge in [0.15, 0.2) is 0 Å². The van der Waals surface area contributed by atoms with E-state index in [1.165, 1.54) is 0 Å². The van der Waals surface area contributed by atoms with Crippen molar-refractivity contribution in [3.63, 3.8) is 0 Å². The zero-order valence-electron chi connectivity index (χ0n) is 10.7. The summed E-state index contributed by atoms with van der Waals surface area (Å²) >= 11 is 0. The molecule has 0 bridgehead atoms. The van der Waals surface area contributed by atoms with E-state index in [9.17, 15) is 4.79 Å². The largest absolute Gasteiger partial charge is 0.478 e. The summed E-state index contributed by atoms with van der Waals surface area (Å²) in [6, 6.07) is 3.41. The molecule has 0 aromatic carbocycles. The summed E-state index contributed by atoms with van der Waals surface area (Å²) in [7, 11) is 1.71. The number of methoxy groups -OCH3 is 1. The van der Waals surface area contributed by atoms with Crippen molar-refractivity contribution in [1.82, 2.24) is 4.98 Å². The van der Waals surface area contributed by atoms with E-state index in [0.29, 0.717) is 11.6 Å². The number of nitrogens with zero attached hydrogens (tertiary/aromatic N) is 2. The minimum absolute atomic E-state index is 0.270. The van der Waals surface area contributed by atoms with Crippen molar-refractivity contribution >= 4 is 11.8 Å². The number of carbonyl (C=O) groups is 1. The van der Waals surface area contributed by atoms with Gasteiger partial charge in [-0.3, -0.25) is 0 Å². The lowest BCUT2D eigenvalue weighted by molar-refractivity contribution is 0.0695. The molecule has 1 fully saturated rings. The van der Waals surface area contributed by atoms with Crippen LogP contribution in [-0.4, -0.2) is 42.9 Å². The Bertz CT molecular complexity index is 448. The Morgan fingerprint density at radius 3 is 3.00 bits per heavy atom. The van der Waals surface area contributed by atoms with Crippen LogP contribution < -0.4 is 4.90 Å². The van der Waals surface area contributed by atoms with Crippen molar-refractivity contribution < 1.29 is 14.6 Å². The highest BCUT2D eigenvalue weighted by molar-refractivity contribution is 5.89. The highest BCUT2D eigenvalue weighted by Crippen LogP contribution is 2.23. The maximum Gasteiger partial charge on any atom is 0.337 e. The summed E-state index contributed by atoms with van der Waals surface area (Å²) in [5.74, 6) is 0.470. The third kappa shape index (κ3) is 2.61. The van der Waals surface area contributed by atoms with E-state index in [2.05, 4.69) is 9.88 Å². The minimum Gasteiger partial charge on any atom is -0.478 e. The maximum absolute atomic E-state index is 10.9. The van der Waals surface area contributed by atoms with Crippen LogP contribution in [0.2, 0.25) is 0 Å². The lowest BCUT2D eigenvalue weighted by Crippen LogP contribution is -2.22. The highest BCUT2D eigenvalue weighted by Gasteiger charge is 2.23. The Hall–Kier alpha value is -1.62. The van der Waals surface area contributed by atoms with Gasteiger partial charge in [-0.25, -0.2) is 9.78 Å². The normalized spacial score (nSPS) is 19.2. The van der Waals surface area contributed by atoms with Crippen LogP contribution in [0, 0.1) is 12.8 Å². The zero-order valence-corrected chi connectivity index (χ0v) is 10.7. The molecule has 1 unspecified atom stereocenters. The van der Waals surface area contributed by atoms with Crippen molar-refractivity contribution in [2.24, 2.45) is 5.92 Å². The second-order valence-corrected chi connectivity index (χ2v) is 4.66. The molecule has 5 heteroatoms. The third-order valence-electron chi connectivity index (χ3n) is 3.31. The molecule has 2 rings (SSSR count). The Kier molecular flexibility index (Phi) is 3.81. The molecule has 1 N–H and O–H groups in total. The van der Waals surface area contributed by atoms with E-state index in [4.69, 9.17) is 9.84 Å². The number of carboxylic acid groups (broad SMARTS) is 1. The average Bonchev–Trinajstić information content (AvgIpc) is 2.77. The van der Waals surface area contributed by atoms with Gasteiger partial charge in [-0.15, -0.1) is 0 Å². The second kappa shape index (κ2) is 5.35. The van der Waals surface area contributed by atoms with Crippen molar-refractivity contribution in [2.75, 3.05) is 31.7 Å². The van der Waals surface area contributed by atoms with Gasteiger partial charge in [0.1, 0.15) is 5.82 Å². The fourth-order valence-corrected chi connectivity index (χ4v) is 2.36. The Morgan fingerprint density at radius 1 is 1.61 bits per heavy atom. The number of rotatable bonds is 4. The highest BCUT2D eigenvalue weighted by atomic mass is 16.5. The van der Waals surface area contributed by atoms with Crippen LogP contribution in [0.15, 0.2) is 12.1 Å². The van der Waals surface area contributed by atoms with Gasteiger partial charge in [0.2, 0.25) is 0 Å². The standard InChI is InChI=1S/C13H18N2O3/c1-9-11(13(16)17)3-4-12(14-9)15-6-5-10(7-15)8-18-2/h3-4,10H,5-8H2,1-2H3,(H,16,17). The van der Waals surface area contributed by atoms with Gasteiger partial charge >= 0.3 is 5.97 Å². The van der Waals surface area contributed by atoms with E-state index in [0.717, 1.165) is 31.9 Å². The van der Waals surface area contributed by atoms with E-state index in [1.54, 1.807) is 26.2 Å². The van der Waals surface area contributed by atoms with Gasteiger partial charge in [-0.05, 0) is 25.5 Å². The third-order valence-corrected chi connectivity index (χ3v) is 3.31. The molecule has 0 aliphatic carbocycles. The quantitative estimate of drug-likeness (QED) is 0.878. The summed E-state index contributed by atoms with van der Waals surface area (Å²) in [5.41, 5.74) is 0.835. The lowest BCUT2D eigenvalue weighted by Gasteiger charge is -2.18. The van der Waals surface area contributed by atoms with Gasteiger partial charge in [0.25, 0.3) is 0 Å². The molecule has 18 heavy (non-hydrogen) atoms. The number of hydrogen-bond acceptors (Lipinski definition) is 4. The monoisotopic (exact) mass is 250 g/mol. The molecule has 98 valence electrons. The van der Waals surface area contributed by atoms with Crippen LogP contribution in [0.25, 0.3) is 0 Å². The Balaban J connectivity index is 2.11. The molecule has 0 amide bonds. The summed E-state index contributed by atoms with van der Waals surface area (Å²) in [6.07, 6.45) is 1.09. The molecule has 1 aromatic rings. The number of aromatic carboxylic acids is 1. The predicted molar refractivity (Wildman–Crippen MR) is 68.1 cm³/mol. The zero-order chi connectivity index (χ0) is 13.1. The number of aromatic nitrogens is 1. The molecule has 0 radical (unpaired) electrons. The van der Waals surface area contributed by atoms with E-state index in [-0.39, 0.29) is 5.56 Å². The molecule has 1 aliphatic heterocycles. The summed E-state index contributed by atoms with van der Waals surface area (Å²) < 4.78 is 5.16. The van der Waals surface area contributed by atoms with Gasteiger partial charge in [-0.2, -0.15) is 0 Å². The van der Waals surface area contributed by atoms with Crippen LogP contribution in [0.1, 0.15) is 22.5 Å². The first-order valence-corrected chi connectivity index (χ1v) is 6.06. The van der Waals surface area contributed by atoms with E-state index >= 15 is 0 Å². The van der Waals surface area contributed by atoms with Crippen LogP contribution in [0.5, 0.6) is 0 Å². The predicted octanol–water partition coefficient (Wildman–Crippen LogP) is 1.56. The number of carboxylic acids is 1. The smallest absolute Gasteiger partial charge is 0.337 e. The molecule has 1 aliphatic rings. The van der Waals surface area contributed by atoms with Crippen LogP contribution >= 0.6 is 0 Å². The SMILES string of the molecule is COCC1CCN(c2ccc(C(=O)O)c(C)n2)C1. The first kappa shape index (κ1) is 12.8. The molecule has 5 nitrogen and oxygen atoms in total. The Labute approximate surface area is 106 Å². The molecular formula is C13H18N2O3. The molecule has 1 atom stereocenters. The molecular weight excluding hydrogens is 232 g/mol. The van der Waals surface area contributed by atoms with Gasteiger partial charge in [0, 0.05) is 26.1 Å². The van der Waals surface area contributed by atoms with Crippen molar-refractivity contribution in [1.29, 1.82) is 0 Å². The van der Waals surface area contributed by atoms with Crippen molar-refractivity contribution in [3.05, 3.63) is 23.4 Å². The van der Waals surface area contributed by atoms with Crippen LogP contribution in [0.4, 0.5) is 5.82 Å². The number of anilines is 1. The second-order valence-electron chi connectivity index (χ2n) is 4.66. The summed E-state index contributed by atoms with van der Waals surface area (Å²) in [6.45, 7) is 4.37. The number of pyridine rings is 1. The average molecular weight is 250 g/mol. The van der Waals surface area contributed by atoms with Gasteiger partial charge < -0.3 is 14.7 Å². The van der Waals surface area contributed by atoms with E-state index < -0.39 is 5.97 Å². The van der Waals surface area contributed by atoms with E-state index in [1.807, 2.05) is 0 Å². The minimum atomic E-state index is -0.926. The topological polar surface area (TPSA) is 62.7 Å². The Morgan fingerprint density at radius 2 is 2.39 bits per heavy atom.